The van der Waals surface area contributed by atoms with Crippen LogP contribution in [0, 0.1) is 6.57 Å². The van der Waals surface area contributed by atoms with Crippen molar-refractivity contribution in [2.24, 2.45) is 0 Å². The lowest BCUT2D eigenvalue weighted by Crippen LogP contribution is -1.89. The molecule has 0 fully saturated rings. The van der Waals surface area contributed by atoms with Crippen LogP contribution in [0.5, 0.6) is 0 Å². The van der Waals surface area contributed by atoms with Gasteiger partial charge in [-0.3, -0.25) is 0 Å². The SMILES string of the molecule is [C-]#[N+]c1ccc(Cc2ccc(N)cc2)cc1. The topological polar surface area (TPSA) is 30.4 Å². The van der Waals surface area contributed by atoms with E-state index in [1.165, 1.54) is 11.1 Å². The van der Waals surface area contributed by atoms with Crippen molar-refractivity contribution in [2.75, 3.05) is 5.73 Å². The maximum atomic E-state index is 6.87. The van der Waals surface area contributed by atoms with Gasteiger partial charge in [-0.05, 0) is 29.7 Å². The first kappa shape index (κ1) is 10.3. The smallest absolute Gasteiger partial charge is 0.187 e. The minimum absolute atomic E-state index is 0.682. The summed E-state index contributed by atoms with van der Waals surface area (Å²) >= 11 is 0. The summed E-state index contributed by atoms with van der Waals surface area (Å²) in [4.78, 5) is 3.36. The van der Waals surface area contributed by atoms with Crippen molar-refractivity contribution in [3.05, 3.63) is 71.1 Å². The highest BCUT2D eigenvalue weighted by Crippen LogP contribution is 2.16. The summed E-state index contributed by atoms with van der Waals surface area (Å²) in [6.45, 7) is 6.87. The number of hydrogen-bond donors (Lipinski definition) is 1. The van der Waals surface area contributed by atoms with Gasteiger partial charge in [-0.25, -0.2) is 4.85 Å². The monoisotopic (exact) mass is 208 g/mol. The molecule has 2 aromatic carbocycles. The third-order valence-electron chi connectivity index (χ3n) is 2.45. The standard InChI is InChI=1S/C14H12N2/c1-16-14-8-4-12(5-9-14)10-11-2-6-13(15)7-3-11/h2-9H,10,15H2. The Bertz CT molecular complexity index is 504. The van der Waals surface area contributed by atoms with Crippen LogP contribution in [-0.4, -0.2) is 0 Å². The molecule has 0 amide bonds. The molecule has 2 heteroatoms. The molecule has 0 spiro atoms. The first-order valence-electron chi connectivity index (χ1n) is 5.09. The van der Waals surface area contributed by atoms with Gasteiger partial charge in [0.15, 0.2) is 5.69 Å². The Balaban J connectivity index is 2.15. The zero-order valence-corrected chi connectivity index (χ0v) is 8.85. The number of rotatable bonds is 2. The molecule has 0 aliphatic heterocycles. The molecule has 78 valence electrons. The zero-order valence-electron chi connectivity index (χ0n) is 8.85. The average molecular weight is 208 g/mol. The normalized spacial score (nSPS) is 9.69. The molecule has 2 nitrogen and oxygen atoms in total. The van der Waals surface area contributed by atoms with Crippen LogP contribution in [0.3, 0.4) is 0 Å². The van der Waals surface area contributed by atoms with Gasteiger partial charge in [-0.1, -0.05) is 36.4 Å². The predicted octanol–water partition coefficient (Wildman–Crippen LogP) is 3.41. The van der Waals surface area contributed by atoms with Crippen LogP contribution in [0.25, 0.3) is 4.85 Å². The number of nitrogen functional groups attached to an aromatic ring is 1. The highest BCUT2D eigenvalue weighted by atomic mass is 14.6. The van der Waals surface area contributed by atoms with E-state index in [-0.39, 0.29) is 0 Å². The van der Waals surface area contributed by atoms with Crippen molar-refractivity contribution in [1.29, 1.82) is 0 Å². The van der Waals surface area contributed by atoms with E-state index in [2.05, 4.69) is 4.85 Å². The van der Waals surface area contributed by atoms with E-state index in [0.29, 0.717) is 5.69 Å². The number of hydrogen-bond acceptors (Lipinski definition) is 1. The van der Waals surface area contributed by atoms with Crippen molar-refractivity contribution < 1.29 is 0 Å². The van der Waals surface area contributed by atoms with E-state index in [4.69, 9.17) is 12.3 Å². The molecule has 16 heavy (non-hydrogen) atoms. The van der Waals surface area contributed by atoms with Gasteiger partial charge in [0.05, 0.1) is 6.57 Å². The van der Waals surface area contributed by atoms with Crippen molar-refractivity contribution >= 4 is 11.4 Å². The van der Waals surface area contributed by atoms with Gasteiger partial charge in [0, 0.05) is 5.69 Å². The molecular formula is C14H12N2. The molecule has 0 atom stereocenters. The second-order valence-corrected chi connectivity index (χ2v) is 3.70. The van der Waals surface area contributed by atoms with E-state index in [1.807, 2.05) is 48.5 Å². The predicted molar refractivity (Wildman–Crippen MR) is 66.4 cm³/mol. The average Bonchev–Trinajstić information content (AvgIpc) is 2.33. The van der Waals surface area contributed by atoms with Crippen LogP contribution in [0.4, 0.5) is 11.4 Å². The first-order chi connectivity index (χ1) is 7.78. The quantitative estimate of drug-likeness (QED) is 0.595. The van der Waals surface area contributed by atoms with Gasteiger partial charge in [-0.2, -0.15) is 0 Å². The molecule has 0 saturated heterocycles. The van der Waals surface area contributed by atoms with Gasteiger partial charge < -0.3 is 5.73 Å². The number of nitrogens with zero attached hydrogens (tertiary/aromatic N) is 1. The van der Waals surface area contributed by atoms with Crippen molar-refractivity contribution in [3.63, 3.8) is 0 Å². The Labute approximate surface area is 95.2 Å². The Kier molecular flexibility index (Phi) is 2.88. The number of benzene rings is 2. The van der Waals surface area contributed by atoms with Crippen LogP contribution < -0.4 is 5.73 Å². The summed E-state index contributed by atoms with van der Waals surface area (Å²) < 4.78 is 0. The molecule has 0 aromatic heterocycles. The lowest BCUT2D eigenvalue weighted by atomic mass is 10.0. The lowest BCUT2D eigenvalue weighted by molar-refractivity contribution is 1.20. The largest absolute Gasteiger partial charge is 0.399 e. The van der Waals surface area contributed by atoms with Gasteiger partial charge in [0.2, 0.25) is 0 Å². The van der Waals surface area contributed by atoms with Gasteiger partial charge in [0.25, 0.3) is 0 Å². The van der Waals surface area contributed by atoms with Crippen LogP contribution in [0.2, 0.25) is 0 Å². The number of nitrogens with two attached hydrogens (primary N) is 1. The molecule has 0 unspecified atom stereocenters. The third-order valence-corrected chi connectivity index (χ3v) is 2.45. The summed E-state index contributed by atoms with van der Waals surface area (Å²) in [6, 6.07) is 15.5. The van der Waals surface area contributed by atoms with Crippen molar-refractivity contribution in [3.8, 4) is 0 Å². The Morgan fingerprint density at radius 1 is 0.875 bits per heavy atom. The Morgan fingerprint density at radius 2 is 1.38 bits per heavy atom. The Hall–Kier alpha value is -2.27. The van der Waals surface area contributed by atoms with Gasteiger partial charge in [0.1, 0.15) is 0 Å². The highest BCUT2D eigenvalue weighted by Gasteiger charge is 1.96. The van der Waals surface area contributed by atoms with E-state index < -0.39 is 0 Å². The maximum Gasteiger partial charge on any atom is 0.187 e. The fourth-order valence-electron chi connectivity index (χ4n) is 1.56. The molecular weight excluding hydrogens is 196 g/mol. The summed E-state index contributed by atoms with van der Waals surface area (Å²) in [5.41, 5.74) is 9.52. The van der Waals surface area contributed by atoms with Gasteiger partial charge in [-0.15, -0.1) is 0 Å². The van der Waals surface area contributed by atoms with E-state index >= 15 is 0 Å². The molecule has 0 saturated carbocycles. The van der Waals surface area contributed by atoms with Crippen LogP contribution in [0.15, 0.2) is 48.5 Å². The fourth-order valence-corrected chi connectivity index (χ4v) is 1.56. The van der Waals surface area contributed by atoms with Crippen LogP contribution in [0.1, 0.15) is 11.1 Å². The molecule has 2 N–H and O–H groups in total. The van der Waals surface area contributed by atoms with Crippen molar-refractivity contribution in [2.45, 2.75) is 6.42 Å². The highest BCUT2D eigenvalue weighted by molar-refractivity contribution is 5.46. The second-order valence-electron chi connectivity index (χ2n) is 3.70. The fraction of sp³-hybridized carbons (Fsp3) is 0.0714. The number of anilines is 1. The minimum Gasteiger partial charge on any atom is -0.399 e. The minimum atomic E-state index is 0.682. The summed E-state index contributed by atoms with van der Waals surface area (Å²) in [5.74, 6) is 0. The second kappa shape index (κ2) is 4.50. The van der Waals surface area contributed by atoms with Crippen LogP contribution in [-0.2, 0) is 6.42 Å². The van der Waals surface area contributed by atoms with E-state index in [0.717, 1.165) is 12.1 Å². The van der Waals surface area contributed by atoms with E-state index in [9.17, 15) is 0 Å². The zero-order chi connectivity index (χ0) is 11.4. The Morgan fingerprint density at radius 3 is 1.88 bits per heavy atom. The molecule has 0 radical (unpaired) electrons. The third kappa shape index (κ3) is 2.40. The summed E-state index contributed by atoms with van der Waals surface area (Å²) in [6.07, 6.45) is 0.874. The summed E-state index contributed by atoms with van der Waals surface area (Å²) in [5, 5.41) is 0. The molecule has 2 rings (SSSR count). The van der Waals surface area contributed by atoms with Gasteiger partial charge >= 0.3 is 0 Å². The maximum absolute atomic E-state index is 6.87. The molecule has 0 aliphatic carbocycles. The van der Waals surface area contributed by atoms with Crippen LogP contribution >= 0.6 is 0 Å². The summed E-state index contributed by atoms with van der Waals surface area (Å²) in [7, 11) is 0. The van der Waals surface area contributed by atoms with E-state index in [1.54, 1.807) is 0 Å². The van der Waals surface area contributed by atoms with Crippen molar-refractivity contribution in [1.82, 2.24) is 0 Å². The molecule has 0 aliphatic rings. The molecule has 0 bridgehead atoms. The molecule has 0 heterocycles. The lowest BCUT2D eigenvalue weighted by Gasteiger charge is -2.02. The molecule has 2 aromatic rings. The first-order valence-corrected chi connectivity index (χ1v) is 5.09.